The Kier molecular flexibility index (Phi) is 4.99. The zero-order valence-electron chi connectivity index (χ0n) is 12.7. The molecule has 0 fully saturated rings. The Labute approximate surface area is 126 Å². The number of hydrogen-bond donors (Lipinski definition) is 1. The second-order valence-corrected chi connectivity index (χ2v) is 5.31. The zero-order valence-corrected chi connectivity index (χ0v) is 12.7. The van der Waals surface area contributed by atoms with Gasteiger partial charge in [-0.05, 0) is 36.6 Å². The SMILES string of the molecule is CC(C)c1ccccc1O[C@@H](C)C(=O)Nc1ccccc1. The molecule has 2 rings (SSSR count). The molecule has 0 radical (unpaired) electrons. The predicted octanol–water partition coefficient (Wildman–Crippen LogP) is 4.22. The van der Waals surface area contributed by atoms with Crippen molar-refractivity contribution in [3.63, 3.8) is 0 Å². The van der Waals surface area contributed by atoms with Gasteiger partial charge in [0.05, 0.1) is 0 Å². The fourth-order valence-corrected chi connectivity index (χ4v) is 2.07. The van der Waals surface area contributed by atoms with Gasteiger partial charge in [0.15, 0.2) is 6.10 Å². The van der Waals surface area contributed by atoms with Gasteiger partial charge in [-0.1, -0.05) is 50.2 Å². The van der Waals surface area contributed by atoms with Crippen LogP contribution < -0.4 is 10.1 Å². The Balaban J connectivity index is 2.04. The summed E-state index contributed by atoms with van der Waals surface area (Å²) in [6.07, 6.45) is -0.551. The normalized spacial score (nSPS) is 12.0. The number of carbonyl (C=O) groups is 1. The highest BCUT2D eigenvalue weighted by Gasteiger charge is 2.17. The molecule has 2 aromatic rings. The molecule has 21 heavy (non-hydrogen) atoms. The molecular formula is C18H21NO2. The molecule has 0 aromatic heterocycles. The lowest BCUT2D eigenvalue weighted by molar-refractivity contribution is -0.122. The smallest absolute Gasteiger partial charge is 0.265 e. The number of anilines is 1. The van der Waals surface area contributed by atoms with Gasteiger partial charge in [0.25, 0.3) is 5.91 Å². The summed E-state index contributed by atoms with van der Waals surface area (Å²) in [6, 6.07) is 17.2. The number of para-hydroxylation sites is 2. The molecule has 3 heteroatoms. The average molecular weight is 283 g/mol. The van der Waals surface area contributed by atoms with Gasteiger partial charge in [0.2, 0.25) is 0 Å². The molecule has 0 saturated heterocycles. The standard InChI is InChI=1S/C18H21NO2/c1-13(2)16-11-7-8-12-17(16)21-14(3)18(20)19-15-9-5-4-6-10-15/h4-14H,1-3H3,(H,19,20)/t14-/m0/s1. The lowest BCUT2D eigenvalue weighted by atomic mass is 10.0. The Hall–Kier alpha value is -2.29. The summed E-state index contributed by atoms with van der Waals surface area (Å²) in [5.74, 6) is 0.966. The minimum absolute atomic E-state index is 0.153. The maximum Gasteiger partial charge on any atom is 0.265 e. The molecular weight excluding hydrogens is 262 g/mol. The van der Waals surface area contributed by atoms with Crippen molar-refractivity contribution in [2.75, 3.05) is 5.32 Å². The quantitative estimate of drug-likeness (QED) is 0.892. The Bertz CT molecular complexity index is 593. The fourth-order valence-electron chi connectivity index (χ4n) is 2.07. The van der Waals surface area contributed by atoms with Gasteiger partial charge in [-0.25, -0.2) is 0 Å². The summed E-state index contributed by atoms with van der Waals surface area (Å²) in [6.45, 7) is 5.98. The van der Waals surface area contributed by atoms with E-state index in [1.54, 1.807) is 6.92 Å². The van der Waals surface area contributed by atoms with E-state index >= 15 is 0 Å². The third-order valence-corrected chi connectivity index (χ3v) is 3.26. The van der Waals surface area contributed by atoms with Crippen LogP contribution in [0.1, 0.15) is 32.3 Å². The number of benzene rings is 2. The molecule has 110 valence electrons. The van der Waals surface area contributed by atoms with Crippen LogP contribution in [0.15, 0.2) is 54.6 Å². The lowest BCUT2D eigenvalue weighted by Gasteiger charge is -2.18. The Morgan fingerprint density at radius 3 is 2.24 bits per heavy atom. The van der Waals surface area contributed by atoms with Gasteiger partial charge < -0.3 is 10.1 Å². The van der Waals surface area contributed by atoms with E-state index < -0.39 is 6.10 Å². The molecule has 0 aliphatic heterocycles. The van der Waals surface area contributed by atoms with Crippen molar-refractivity contribution in [3.8, 4) is 5.75 Å². The van der Waals surface area contributed by atoms with E-state index in [9.17, 15) is 4.79 Å². The van der Waals surface area contributed by atoms with Gasteiger partial charge in [0, 0.05) is 5.69 Å². The minimum Gasteiger partial charge on any atom is -0.481 e. The molecule has 0 bridgehead atoms. The van der Waals surface area contributed by atoms with Crippen molar-refractivity contribution >= 4 is 11.6 Å². The number of nitrogens with one attached hydrogen (secondary N) is 1. The molecule has 1 N–H and O–H groups in total. The first kappa shape index (κ1) is 15.1. The molecule has 0 spiro atoms. The number of rotatable bonds is 5. The third-order valence-electron chi connectivity index (χ3n) is 3.26. The van der Waals surface area contributed by atoms with E-state index in [0.717, 1.165) is 17.0 Å². The van der Waals surface area contributed by atoms with Crippen molar-refractivity contribution < 1.29 is 9.53 Å². The first-order valence-corrected chi connectivity index (χ1v) is 7.19. The van der Waals surface area contributed by atoms with Crippen LogP contribution in [0.25, 0.3) is 0 Å². The molecule has 2 aromatic carbocycles. The lowest BCUT2D eigenvalue weighted by Crippen LogP contribution is -2.30. The molecule has 0 unspecified atom stereocenters. The van der Waals surface area contributed by atoms with E-state index in [1.807, 2.05) is 54.6 Å². The summed E-state index contributed by atoms with van der Waals surface area (Å²) in [4.78, 5) is 12.2. The number of hydrogen-bond acceptors (Lipinski definition) is 2. The number of carbonyl (C=O) groups excluding carboxylic acids is 1. The summed E-state index contributed by atoms with van der Waals surface area (Å²) < 4.78 is 5.83. The van der Waals surface area contributed by atoms with Crippen LogP contribution in [0, 0.1) is 0 Å². The van der Waals surface area contributed by atoms with Crippen molar-refractivity contribution in [1.29, 1.82) is 0 Å². The maximum absolute atomic E-state index is 12.2. The van der Waals surface area contributed by atoms with Crippen molar-refractivity contribution in [2.45, 2.75) is 32.8 Å². The molecule has 0 saturated carbocycles. The number of amides is 1. The minimum atomic E-state index is -0.551. The van der Waals surface area contributed by atoms with Gasteiger partial charge in [-0.3, -0.25) is 4.79 Å². The summed E-state index contributed by atoms with van der Waals surface area (Å²) in [5.41, 5.74) is 1.88. The second kappa shape index (κ2) is 6.93. The largest absolute Gasteiger partial charge is 0.481 e. The molecule has 3 nitrogen and oxygen atoms in total. The van der Waals surface area contributed by atoms with Crippen LogP contribution in [-0.2, 0) is 4.79 Å². The van der Waals surface area contributed by atoms with Gasteiger partial charge in [0.1, 0.15) is 5.75 Å². The molecule has 0 heterocycles. The highest BCUT2D eigenvalue weighted by molar-refractivity contribution is 5.94. The first-order chi connectivity index (χ1) is 10.1. The second-order valence-electron chi connectivity index (χ2n) is 5.31. The van der Waals surface area contributed by atoms with Gasteiger partial charge in [-0.15, -0.1) is 0 Å². The summed E-state index contributed by atoms with van der Waals surface area (Å²) in [7, 11) is 0. The molecule has 1 atom stereocenters. The van der Waals surface area contributed by atoms with Crippen LogP contribution in [0.5, 0.6) is 5.75 Å². The molecule has 0 aliphatic rings. The number of ether oxygens (including phenoxy) is 1. The van der Waals surface area contributed by atoms with Crippen LogP contribution in [0.3, 0.4) is 0 Å². The zero-order chi connectivity index (χ0) is 15.2. The predicted molar refractivity (Wildman–Crippen MR) is 85.7 cm³/mol. The fraction of sp³-hybridized carbons (Fsp3) is 0.278. The van der Waals surface area contributed by atoms with Crippen LogP contribution in [0.4, 0.5) is 5.69 Å². The average Bonchev–Trinajstić information content (AvgIpc) is 2.48. The van der Waals surface area contributed by atoms with Crippen molar-refractivity contribution in [2.24, 2.45) is 0 Å². The van der Waals surface area contributed by atoms with Gasteiger partial charge in [-0.2, -0.15) is 0 Å². The Morgan fingerprint density at radius 2 is 1.57 bits per heavy atom. The van der Waals surface area contributed by atoms with Crippen molar-refractivity contribution in [3.05, 3.63) is 60.2 Å². The highest BCUT2D eigenvalue weighted by atomic mass is 16.5. The third kappa shape index (κ3) is 4.09. The highest BCUT2D eigenvalue weighted by Crippen LogP contribution is 2.26. The summed E-state index contributed by atoms with van der Waals surface area (Å²) in [5, 5.41) is 2.85. The van der Waals surface area contributed by atoms with Crippen LogP contribution >= 0.6 is 0 Å². The van der Waals surface area contributed by atoms with E-state index in [2.05, 4.69) is 19.2 Å². The monoisotopic (exact) mass is 283 g/mol. The summed E-state index contributed by atoms with van der Waals surface area (Å²) >= 11 is 0. The van der Waals surface area contributed by atoms with E-state index in [4.69, 9.17) is 4.74 Å². The van der Waals surface area contributed by atoms with Crippen LogP contribution in [0.2, 0.25) is 0 Å². The first-order valence-electron chi connectivity index (χ1n) is 7.19. The molecule has 1 amide bonds. The van der Waals surface area contributed by atoms with Crippen LogP contribution in [-0.4, -0.2) is 12.0 Å². The topological polar surface area (TPSA) is 38.3 Å². The van der Waals surface area contributed by atoms with Gasteiger partial charge >= 0.3 is 0 Å². The van der Waals surface area contributed by atoms with E-state index in [0.29, 0.717) is 5.92 Å². The van der Waals surface area contributed by atoms with E-state index in [-0.39, 0.29) is 5.91 Å². The molecule has 0 aliphatic carbocycles. The maximum atomic E-state index is 12.2. The Morgan fingerprint density at radius 1 is 0.952 bits per heavy atom. The van der Waals surface area contributed by atoms with E-state index in [1.165, 1.54) is 0 Å². The van der Waals surface area contributed by atoms with Crippen molar-refractivity contribution in [1.82, 2.24) is 0 Å².